The quantitative estimate of drug-likeness (QED) is 0.563. The Bertz CT molecular complexity index is 700. The molecule has 0 aliphatic carbocycles. The molecule has 0 bridgehead atoms. The van der Waals surface area contributed by atoms with Crippen LogP contribution in [0, 0.1) is 6.92 Å². The van der Waals surface area contributed by atoms with E-state index < -0.39 is 0 Å². The third-order valence-corrected chi connectivity index (χ3v) is 4.42. The van der Waals surface area contributed by atoms with E-state index in [1.807, 2.05) is 41.9 Å². The smallest absolute Gasteiger partial charge is 0.204 e. The topological polar surface area (TPSA) is 37.3 Å². The van der Waals surface area contributed by atoms with Crippen LogP contribution >= 0.6 is 22.7 Å². The van der Waals surface area contributed by atoms with E-state index in [9.17, 15) is 0 Å². The molecule has 20 heavy (non-hydrogen) atoms. The highest BCUT2D eigenvalue weighted by Gasteiger charge is 2.08. The van der Waals surface area contributed by atoms with E-state index >= 15 is 0 Å². The van der Waals surface area contributed by atoms with Crippen LogP contribution in [0.15, 0.2) is 52.9 Å². The summed E-state index contributed by atoms with van der Waals surface area (Å²) in [6.07, 6.45) is 1.81. The van der Waals surface area contributed by atoms with E-state index in [4.69, 9.17) is 0 Å². The molecule has 0 saturated heterocycles. The average molecular weight is 299 g/mol. The monoisotopic (exact) mass is 299 g/mol. The van der Waals surface area contributed by atoms with Gasteiger partial charge in [-0.3, -0.25) is 5.43 Å². The van der Waals surface area contributed by atoms with Crippen molar-refractivity contribution in [3.8, 4) is 11.3 Å². The summed E-state index contributed by atoms with van der Waals surface area (Å²) < 4.78 is 0. The number of benzene rings is 1. The number of thiazole rings is 1. The lowest BCUT2D eigenvalue weighted by Gasteiger charge is -1.96. The van der Waals surface area contributed by atoms with Gasteiger partial charge in [-0.1, -0.05) is 36.4 Å². The molecule has 0 aliphatic rings. The molecule has 5 heteroatoms. The second kappa shape index (κ2) is 5.98. The fourth-order valence-electron chi connectivity index (χ4n) is 1.82. The van der Waals surface area contributed by atoms with Crippen molar-refractivity contribution < 1.29 is 0 Å². The molecule has 0 saturated carbocycles. The number of aryl methyl sites for hydroxylation is 1. The van der Waals surface area contributed by atoms with E-state index in [1.54, 1.807) is 22.7 Å². The number of aromatic nitrogens is 1. The summed E-state index contributed by atoms with van der Waals surface area (Å²) in [5, 5.41) is 7.06. The summed E-state index contributed by atoms with van der Waals surface area (Å²) in [5.41, 5.74) is 5.15. The van der Waals surface area contributed by atoms with E-state index in [1.165, 1.54) is 4.88 Å². The van der Waals surface area contributed by atoms with Gasteiger partial charge in [-0.05, 0) is 18.4 Å². The molecule has 0 aliphatic heterocycles. The highest BCUT2D eigenvalue weighted by atomic mass is 32.1. The van der Waals surface area contributed by atoms with E-state index in [0.29, 0.717) is 0 Å². The van der Waals surface area contributed by atoms with E-state index in [-0.39, 0.29) is 0 Å². The lowest BCUT2D eigenvalue weighted by atomic mass is 10.1. The Morgan fingerprint density at radius 3 is 2.75 bits per heavy atom. The van der Waals surface area contributed by atoms with Crippen LogP contribution in [-0.2, 0) is 0 Å². The maximum Gasteiger partial charge on any atom is 0.204 e. The normalized spacial score (nSPS) is 11.1. The minimum Gasteiger partial charge on any atom is -0.253 e. The van der Waals surface area contributed by atoms with Crippen LogP contribution in [0.25, 0.3) is 11.3 Å². The number of hydrogen-bond donors (Lipinski definition) is 1. The van der Waals surface area contributed by atoms with Crippen molar-refractivity contribution in [2.45, 2.75) is 6.92 Å². The second-order valence-electron chi connectivity index (χ2n) is 4.18. The number of anilines is 1. The summed E-state index contributed by atoms with van der Waals surface area (Å²) in [4.78, 5) is 6.90. The van der Waals surface area contributed by atoms with E-state index in [2.05, 4.69) is 34.6 Å². The number of nitrogens with zero attached hydrogens (tertiary/aromatic N) is 2. The summed E-state index contributed by atoms with van der Waals surface area (Å²) in [6, 6.07) is 14.2. The van der Waals surface area contributed by atoms with Gasteiger partial charge in [0.2, 0.25) is 5.13 Å². The molecule has 1 aromatic carbocycles. The number of hydrazone groups is 1. The predicted octanol–water partition coefficient (Wildman–Crippen LogP) is 4.63. The molecule has 100 valence electrons. The van der Waals surface area contributed by atoms with Crippen LogP contribution < -0.4 is 5.43 Å². The number of nitrogens with one attached hydrogen (secondary N) is 1. The third kappa shape index (κ3) is 2.95. The van der Waals surface area contributed by atoms with Crippen molar-refractivity contribution in [3.05, 3.63) is 57.6 Å². The minimum absolute atomic E-state index is 0.814. The Labute approximate surface area is 125 Å². The summed E-state index contributed by atoms with van der Waals surface area (Å²) in [5.74, 6) is 0. The molecule has 1 N–H and O–H groups in total. The van der Waals surface area contributed by atoms with Gasteiger partial charge in [0.05, 0.1) is 11.9 Å². The first-order chi connectivity index (χ1) is 9.83. The van der Waals surface area contributed by atoms with Gasteiger partial charge in [-0.25, -0.2) is 4.98 Å². The highest BCUT2D eigenvalue weighted by Crippen LogP contribution is 2.30. The Kier molecular flexibility index (Phi) is 3.90. The summed E-state index contributed by atoms with van der Waals surface area (Å²) in [6.45, 7) is 2.08. The molecule has 0 spiro atoms. The van der Waals surface area contributed by atoms with Crippen LogP contribution in [0.4, 0.5) is 5.13 Å². The van der Waals surface area contributed by atoms with E-state index in [0.717, 1.165) is 21.3 Å². The predicted molar refractivity (Wildman–Crippen MR) is 87.8 cm³/mol. The zero-order valence-electron chi connectivity index (χ0n) is 10.9. The first kappa shape index (κ1) is 13.0. The first-order valence-electron chi connectivity index (χ1n) is 6.18. The van der Waals surface area contributed by atoms with Crippen molar-refractivity contribution in [1.82, 2.24) is 4.98 Å². The molecule has 0 unspecified atom stereocenters. The minimum atomic E-state index is 0.814. The average Bonchev–Trinajstić information content (AvgIpc) is 3.10. The van der Waals surface area contributed by atoms with Crippen molar-refractivity contribution in [2.75, 3.05) is 5.43 Å². The molecule has 3 rings (SSSR count). The third-order valence-electron chi connectivity index (χ3n) is 2.74. The zero-order chi connectivity index (χ0) is 13.8. The maximum absolute atomic E-state index is 4.60. The van der Waals surface area contributed by atoms with Gasteiger partial charge >= 0.3 is 0 Å². The number of rotatable bonds is 4. The molecular weight excluding hydrogens is 286 g/mol. The second-order valence-corrected chi connectivity index (χ2v) is 6.36. The molecule has 0 atom stereocenters. The van der Waals surface area contributed by atoms with Gasteiger partial charge < -0.3 is 0 Å². The van der Waals surface area contributed by atoms with Gasteiger partial charge in [-0.15, -0.1) is 22.7 Å². The fraction of sp³-hybridized carbons (Fsp3) is 0.0667. The molecule has 0 radical (unpaired) electrons. The SMILES string of the molecule is Cc1sc(N/N=C\c2cccs2)nc1-c1ccccc1. The van der Waals surface area contributed by atoms with Crippen molar-refractivity contribution in [1.29, 1.82) is 0 Å². The van der Waals surface area contributed by atoms with Crippen LogP contribution in [-0.4, -0.2) is 11.2 Å². The maximum atomic E-state index is 4.60. The fourth-order valence-corrected chi connectivity index (χ4v) is 3.19. The van der Waals surface area contributed by atoms with Gasteiger partial charge in [0.1, 0.15) is 0 Å². The number of thiophene rings is 1. The van der Waals surface area contributed by atoms with Crippen LogP contribution in [0.5, 0.6) is 0 Å². The van der Waals surface area contributed by atoms with Gasteiger partial charge in [-0.2, -0.15) is 5.10 Å². The van der Waals surface area contributed by atoms with Gasteiger partial charge in [0.25, 0.3) is 0 Å². The molecule has 3 aromatic rings. The number of hydrogen-bond acceptors (Lipinski definition) is 5. The molecule has 2 heterocycles. The zero-order valence-corrected chi connectivity index (χ0v) is 12.5. The van der Waals surface area contributed by atoms with Crippen molar-refractivity contribution in [3.63, 3.8) is 0 Å². The first-order valence-corrected chi connectivity index (χ1v) is 7.88. The van der Waals surface area contributed by atoms with Gasteiger partial charge in [0, 0.05) is 15.3 Å². The molecule has 2 aromatic heterocycles. The van der Waals surface area contributed by atoms with Crippen LogP contribution in [0.1, 0.15) is 9.75 Å². The summed E-state index contributed by atoms with van der Waals surface area (Å²) >= 11 is 3.27. The Hall–Kier alpha value is -1.98. The largest absolute Gasteiger partial charge is 0.253 e. The Morgan fingerprint density at radius 2 is 2.00 bits per heavy atom. The molecule has 0 amide bonds. The highest BCUT2D eigenvalue weighted by molar-refractivity contribution is 7.16. The molecule has 3 nitrogen and oxygen atoms in total. The lowest BCUT2D eigenvalue weighted by Crippen LogP contribution is -1.88. The standard InChI is InChI=1S/C15H13N3S2/c1-11-14(12-6-3-2-4-7-12)17-15(20-11)18-16-10-13-8-5-9-19-13/h2-10H,1H3,(H,17,18)/b16-10-. The molecule has 0 fully saturated rings. The van der Waals surface area contributed by atoms with Crippen LogP contribution in [0.3, 0.4) is 0 Å². The van der Waals surface area contributed by atoms with Crippen LogP contribution in [0.2, 0.25) is 0 Å². The Balaban J connectivity index is 1.76. The van der Waals surface area contributed by atoms with Crippen molar-refractivity contribution >= 4 is 34.0 Å². The van der Waals surface area contributed by atoms with Crippen molar-refractivity contribution in [2.24, 2.45) is 5.10 Å². The lowest BCUT2D eigenvalue weighted by molar-refractivity contribution is 1.28. The Morgan fingerprint density at radius 1 is 1.15 bits per heavy atom. The van der Waals surface area contributed by atoms with Gasteiger partial charge in [0.15, 0.2) is 0 Å². The summed E-state index contributed by atoms with van der Waals surface area (Å²) in [7, 11) is 0. The molecular formula is C15H13N3S2.